The zero-order chi connectivity index (χ0) is 16.8. The first-order valence-electron chi connectivity index (χ1n) is 7.40. The second-order valence-corrected chi connectivity index (χ2v) is 5.25. The van der Waals surface area contributed by atoms with E-state index in [9.17, 15) is 5.11 Å². The van der Waals surface area contributed by atoms with Crippen molar-refractivity contribution in [3.05, 3.63) is 47.5 Å². The van der Waals surface area contributed by atoms with E-state index in [2.05, 4.69) is 0 Å². The van der Waals surface area contributed by atoms with Crippen molar-refractivity contribution in [2.75, 3.05) is 27.9 Å². The van der Waals surface area contributed by atoms with E-state index >= 15 is 0 Å². The Balaban J connectivity index is 2.34. The Morgan fingerprint density at radius 2 is 1.48 bits per heavy atom. The third-order valence-electron chi connectivity index (χ3n) is 3.90. The minimum absolute atomic E-state index is 0.114. The van der Waals surface area contributed by atoms with Gasteiger partial charge in [-0.3, -0.25) is 0 Å². The molecule has 0 saturated carbocycles. The molecular formula is C18H23NO4. The first kappa shape index (κ1) is 17.0. The lowest BCUT2D eigenvalue weighted by Crippen LogP contribution is -2.15. The highest BCUT2D eigenvalue weighted by atomic mass is 16.5. The number of hydrogen-bond acceptors (Lipinski definition) is 5. The van der Waals surface area contributed by atoms with Crippen LogP contribution in [0.25, 0.3) is 0 Å². The first-order chi connectivity index (χ1) is 11.1. The lowest BCUT2D eigenvalue weighted by molar-refractivity contribution is 0.347. The summed E-state index contributed by atoms with van der Waals surface area (Å²) in [5.74, 6) is 2.38. The monoisotopic (exact) mass is 317 g/mol. The largest absolute Gasteiger partial charge is 0.508 e. The van der Waals surface area contributed by atoms with E-state index in [0.717, 1.165) is 16.9 Å². The maximum absolute atomic E-state index is 9.43. The molecule has 0 radical (unpaired) electrons. The number of nitrogens with two attached hydrogens (primary N) is 1. The van der Waals surface area contributed by atoms with E-state index in [0.29, 0.717) is 24.5 Å². The van der Waals surface area contributed by atoms with Gasteiger partial charge in [-0.25, -0.2) is 0 Å². The average Bonchev–Trinajstić information content (AvgIpc) is 2.59. The number of aromatic hydroxyl groups is 1. The van der Waals surface area contributed by atoms with Gasteiger partial charge in [0.2, 0.25) is 0 Å². The summed E-state index contributed by atoms with van der Waals surface area (Å²) in [6.07, 6.45) is 0.699. The standard InChI is InChI=1S/C18H23NO4/c1-21-16-10-18(23-3)17(22-2)9-13(16)8-14(11-19)12-4-6-15(20)7-5-12/h4-7,9-10,14,20H,8,11,19H2,1-3H3. The molecule has 0 bridgehead atoms. The predicted molar refractivity (Wildman–Crippen MR) is 89.7 cm³/mol. The first-order valence-corrected chi connectivity index (χ1v) is 7.40. The van der Waals surface area contributed by atoms with Crippen LogP contribution in [0.2, 0.25) is 0 Å². The van der Waals surface area contributed by atoms with Crippen molar-refractivity contribution in [2.24, 2.45) is 5.73 Å². The molecule has 0 fully saturated rings. The topological polar surface area (TPSA) is 73.9 Å². The third kappa shape index (κ3) is 3.87. The summed E-state index contributed by atoms with van der Waals surface area (Å²) in [5.41, 5.74) is 8.02. The van der Waals surface area contributed by atoms with Crippen molar-refractivity contribution in [1.82, 2.24) is 0 Å². The molecule has 0 spiro atoms. The van der Waals surface area contributed by atoms with E-state index in [4.69, 9.17) is 19.9 Å². The lowest BCUT2D eigenvalue weighted by Gasteiger charge is -2.19. The molecule has 0 amide bonds. The van der Waals surface area contributed by atoms with Gasteiger partial charge in [0, 0.05) is 12.0 Å². The number of hydrogen-bond donors (Lipinski definition) is 2. The highest BCUT2D eigenvalue weighted by molar-refractivity contribution is 5.51. The van der Waals surface area contributed by atoms with Crippen LogP contribution in [0.5, 0.6) is 23.0 Å². The van der Waals surface area contributed by atoms with E-state index in [1.165, 1.54) is 0 Å². The van der Waals surface area contributed by atoms with Crippen LogP contribution in [-0.2, 0) is 6.42 Å². The summed E-state index contributed by atoms with van der Waals surface area (Å²) in [7, 11) is 4.83. The van der Waals surface area contributed by atoms with Crippen molar-refractivity contribution in [3.8, 4) is 23.0 Å². The molecule has 0 aliphatic carbocycles. The molecule has 124 valence electrons. The highest BCUT2D eigenvalue weighted by Crippen LogP contribution is 2.36. The van der Waals surface area contributed by atoms with E-state index < -0.39 is 0 Å². The van der Waals surface area contributed by atoms with Gasteiger partial charge in [0.25, 0.3) is 0 Å². The van der Waals surface area contributed by atoms with Gasteiger partial charge in [0.15, 0.2) is 11.5 Å². The summed E-state index contributed by atoms with van der Waals surface area (Å²) in [4.78, 5) is 0. The average molecular weight is 317 g/mol. The Morgan fingerprint density at radius 3 is 2.00 bits per heavy atom. The summed E-state index contributed by atoms with van der Waals surface area (Å²) < 4.78 is 16.1. The molecule has 0 heterocycles. The van der Waals surface area contributed by atoms with Crippen LogP contribution >= 0.6 is 0 Å². The molecule has 2 aromatic rings. The molecule has 5 nitrogen and oxygen atoms in total. The number of ether oxygens (including phenoxy) is 3. The number of phenols is 1. The molecule has 5 heteroatoms. The van der Waals surface area contributed by atoms with Crippen molar-refractivity contribution in [1.29, 1.82) is 0 Å². The van der Waals surface area contributed by atoms with E-state index in [-0.39, 0.29) is 11.7 Å². The third-order valence-corrected chi connectivity index (χ3v) is 3.90. The zero-order valence-corrected chi connectivity index (χ0v) is 13.7. The van der Waals surface area contributed by atoms with E-state index in [1.807, 2.05) is 24.3 Å². The van der Waals surface area contributed by atoms with Gasteiger partial charge in [0.1, 0.15) is 11.5 Å². The highest BCUT2D eigenvalue weighted by Gasteiger charge is 2.17. The van der Waals surface area contributed by atoms with Crippen LogP contribution in [0.4, 0.5) is 0 Å². The maximum Gasteiger partial charge on any atom is 0.164 e. The molecule has 23 heavy (non-hydrogen) atoms. The zero-order valence-electron chi connectivity index (χ0n) is 13.7. The molecule has 1 atom stereocenters. The van der Waals surface area contributed by atoms with Crippen molar-refractivity contribution < 1.29 is 19.3 Å². The predicted octanol–water partition coefficient (Wildman–Crippen LogP) is 2.70. The molecule has 0 aromatic heterocycles. The fraction of sp³-hybridized carbons (Fsp3) is 0.333. The minimum Gasteiger partial charge on any atom is -0.508 e. The van der Waals surface area contributed by atoms with Gasteiger partial charge in [0.05, 0.1) is 21.3 Å². The Labute approximate surface area is 136 Å². The van der Waals surface area contributed by atoms with Gasteiger partial charge in [-0.2, -0.15) is 0 Å². The lowest BCUT2D eigenvalue weighted by atomic mass is 9.91. The molecule has 0 aliphatic heterocycles. The van der Waals surface area contributed by atoms with Crippen molar-refractivity contribution >= 4 is 0 Å². The fourth-order valence-corrected chi connectivity index (χ4v) is 2.60. The molecule has 2 rings (SSSR count). The molecule has 3 N–H and O–H groups in total. The second-order valence-electron chi connectivity index (χ2n) is 5.25. The van der Waals surface area contributed by atoms with Crippen LogP contribution in [0.15, 0.2) is 36.4 Å². The maximum atomic E-state index is 9.43. The summed E-state index contributed by atoms with van der Waals surface area (Å²) in [5, 5.41) is 9.43. The smallest absolute Gasteiger partial charge is 0.164 e. The van der Waals surface area contributed by atoms with Gasteiger partial charge >= 0.3 is 0 Å². The van der Waals surface area contributed by atoms with Gasteiger partial charge < -0.3 is 25.1 Å². The van der Waals surface area contributed by atoms with Gasteiger partial charge in [-0.1, -0.05) is 12.1 Å². The molecule has 2 aromatic carbocycles. The number of methoxy groups -OCH3 is 3. The van der Waals surface area contributed by atoms with Gasteiger partial charge in [-0.05, 0) is 42.3 Å². The van der Waals surface area contributed by atoms with E-state index in [1.54, 1.807) is 33.5 Å². The Bertz CT molecular complexity index is 640. The molecule has 0 saturated heterocycles. The molecule has 1 unspecified atom stereocenters. The Morgan fingerprint density at radius 1 is 0.913 bits per heavy atom. The molecule has 0 aliphatic rings. The second kappa shape index (κ2) is 7.74. The van der Waals surface area contributed by atoms with Crippen LogP contribution in [0, 0.1) is 0 Å². The fourth-order valence-electron chi connectivity index (χ4n) is 2.60. The van der Waals surface area contributed by atoms with Crippen LogP contribution < -0.4 is 19.9 Å². The van der Waals surface area contributed by atoms with Crippen LogP contribution in [0.1, 0.15) is 17.0 Å². The van der Waals surface area contributed by atoms with Crippen molar-refractivity contribution in [2.45, 2.75) is 12.3 Å². The summed E-state index contributed by atoms with van der Waals surface area (Å²) in [6, 6.07) is 10.9. The number of benzene rings is 2. The number of phenolic OH excluding ortho intramolecular Hbond substituents is 1. The molecular weight excluding hydrogens is 294 g/mol. The number of rotatable bonds is 7. The quantitative estimate of drug-likeness (QED) is 0.821. The SMILES string of the molecule is COc1cc(OC)c(OC)cc1CC(CN)c1ccc(O)cc1. The normalized spacial score (nSPS) is 11.8. The van der Waals surface area contributed by atoms with Crippen LogP contribution in [-0.4, -0.2) is 33.0 Å². The van der Waals surface area contributed by atoms with Crippen molar-refractivity contribution in [3.63, 3.8) is 0 Å². The van der Waals surface area contributed by atoms with Gasteiger partial charge in [-0.15, -0.1) is 0 Å². The Kier molecular flexibility index (Phi) is 5.71. The summed E-state index contributed by atoms with van der Waals surface area (Å²) >= 11 is 0. The van der Waals surface area contributed by atoms with Crippen LogP contribution in [0.3, 0.4) is 0 Å². The Hall–Kier alpha value is -2.40. The minimum atomic E-state index is 0.114. The summed E-state index contributed by atoms with van der Waals surface area (Å²) in [6.45, 7) is 0.488.